The Morgan fingerprint density at radius 2 is 1.90 bits per heavy atom. The number of nitrogens with two attached hydrogens (primary N) is 1. The van der Waals surface area contributed by atoms with Gasteiger partial charge in [-0.05, 0) is 36.6 Å². The molecule has 2 N–H and O–H groups in total. The summed E-state index contributed by atoms with van der Waals surface area (Å²) in [5.74, 6) is 1.58. The van der Waals surface area contributed by atoms with Crippen LogP contribution < -0.4 is 15.4 Å². The van der Waals surface area contributed by atoms with Crippen LogP contribution in [0, 0.1) is 11.3 Å². The molecular weight excluding hydrogens is 364 g/mol. The lowest BCUT2D eigenvalue weighted by atomic mass is 9.99. The number of rotatable bonds is 4. The summed E-state index contributed by atoms with van der Waals surface area (Å²) in [5, 5.41) is 9.93. The van der Waals surface area contributed by atoms with Crippen molar-refractivity contribution in [1.29, 1.82) is 5.26 Å². The Kier molecular flexibility index (Phi) is 5.34. The van der Waals surface area contributed by atoms with Crippen molar-refractivity contribution in [3.8, 4) is 28.8 Å². The summed E-state index contributed by atoms with van der Waals surface area (Å²) in [6.45, 7) is 2.05. The molecule has 4 rings (SSSR count). The molecule has 0 spiro atoms. The largest absolute Gasteiger partial charge is 0.497 e. The van der Waals surface area contributed by atoms with Gasteiger partial charge in [0, 0.05) is 42.8 Å². The first-order valence-corrected chi connectivity index (χ1v) is 9.83. The second-order valence-corrected chi connectivity index (χ2v) is 7.20. The fourth-order valence-corrected chi connectivity index (χ4v) is 3.83. The van der Waals surface area contributed by atoms with E-state index in [0.717, 1.165) is 35.7 Å². The molecule has 3 aromatic rings. The van der Waals surface area contributed by atoms with Gasteiger partial charge in [0.1, 0.15) is 29.5 Å². The smallest absolute Gasteiger partial charge is 0.158 e. The van der Waals surface area contributed by atoms with Gasteiger partial charge in [-0.25, -0.2) is 9.97 Å². The Balaban J connectivity index is 1.86. The molecule has 0 amide bonds. The zero-order valence-corrected chi connectivity index (χ0v) is 16.5. The van der Waals surface area contributed by atoms with Gasteiger partial charge in [-0.15, -0.1) is 0 Å². The van der Waals surface area contributed by atoms with Crippen molar-refractivity contribution in [3.05, 3.63) is 48.5 Å². The lowest BCUT2D eigenvalue weighted by Gasteiger charge is -2.24. The minimum absolute atomic E-state index is 0.349. The fourth-order valence-electron chi connectivity index (χ4n) is 3.83. The van der Waals surface area contributed by atoms with E-state index in [1.54, 1.807) is 36.5 Å². The molecule has 1 saturated heterocycles. The van der Waals surface area contributed by atoms with Crippen molar-refractivity contribution < 1.29 is 4.74 Å². The van der Waals surface area contributed by atoms with E-state index < -0.39 is 0 Å². The molecule has 0 aliphatic carbocycles. The van der Waals surface area contributed by atoms with E-state index in [1.807, 2.05) is 6.07 Å². The Bertz CT molecular complexity index is 1030. The van der Waals surface area contributed by atoms with Crippen molar-refractivity contribution in [2.75, 3.05) is 30.8 Å². The number of benzene rings is 1. The summed E-state index contributed by atoms with van der Waals surface area (Å²) in [6.07, 6.45) is 9.91. The van der Waals surface area contributed by atoms with Crippen molar-refractivity contribution >= 4 is 11.5 Å². The maximum Gasteiger partial charge on any atom is 0.158 e. The zero-order chi connectivity index (χ0) is 20.2. The highest BCUT2D eigenvalue weighted by atomic mass is 16.5. The van der Waals surface area contributed by atoms with Gasteiger partial charge in [-0.1, -0.05) is 12.8 Å². The van der Waals surface area contributed by atoms with Crippen LogP contribution in [0.4, 0.5) is 11.5 Å². The molecule has 148 valence electrons. The van der Waals surface area contributed by atoms with Crippen LogP contribution in [0.2, 0.25) is 0 Å². The Labute approximate surface area is 170 Å². The van der Waals surface area contributed by atoms with E-state index >= 15 is 0 Å². The normalized spacial score (nSPS) is 14.3. The molecule has 1 aromatic carbocycles. The van der Waals surface area contributed by atoms with E-state index in [-0.39, 0.29) is 0 Å². The van der Waals surface area contributed by atoms with Crippen LogP contribution in [0.5, 0.6) is 5.75 Å². The molecule has 0 atom stereocenters. The number of pyridine rings is 1. The highest BCUT2D eigenvalue weighted by Gasteiger charge is 2.18. The number of imidazole rings is 1. The number of nitrogens with zero attached hydrogens (tertiary/aromatic N) is 5. The minimum atomic E-state index is 0.349. The summed E-state index contributed by atoms with van der Waals surface area (Å²) in [6, 6.07) is 10.2. The Morgan fingerprint density at radius 3 is 2.55 bits per heavy atom. The number of methoxy groups -OCH3 is 1. The maximum absolute atomic E-state index is 9.93. The van der Waals surface area contributed by atoms with Crippen molar-refractivity contribution in [2.24, 2.45) is 0 Å². The van der Waals surface area contributed by atoms with Crippen LogP contribution in [0.15, 0.2) is 43.0 Å². The molecule has 2 aromatic heterocycles. The second kappa shape index (κ2) is 8.23. The predicted molar refractivity (Wildman–Crippen MR) is 113 cm³/mol. The molecular formula is C22H24N6O. The molecule has 0 bridgehead atoms. The first-order valence-electron chi connectivity index (χ1n) is 9.83. The zero-order valence-electron chi connectivity index (χ0n) is 16.5. The van der Waals surface area contributed by atoms with Crippen LogP contribution in [0.3, 0.4) is 0 Å². The number of nitrogen functional groups attached to an aromatic ring is 1. The van der Waals surface area contributed by atoms with Gasteiger partial charge in [0.15, 0.2) is 5.82 Å². The quantitative estimate of drug-likeness (QED) is 0.731. The lowest BCUT2D eigenvalue weighted by Crippen LogP contribution is -2.23. The summed E-state index contributed by atoms with van der Waals surface area (Å²) < 4.78 is 7.28. The molecule has 3 heterocycles. The van der Waals surface area contributed by atoms with E-state index in [0.29, 0.717) is 17.2 Å². The highest BCUT2D eigenvalue weighted by Crippen LogP contribution is 2.35. The fraction of sp³-hybridized carbons (Fsp3) is 0.318. The molecule has 0 radical (unpaired) electrons. The third-order valence-corrected chi connectivity index (χ3v) is 5.29. The van der Waals surface area contributed by atoms with E-state index in [9.17, 15) is 5.26 Å². The Hall–Kier alpha value is -3.53. The van der Waals surface area contributed by atoms with Crippen LogP contribution in [0.1, 0.15) is 31.2 Å². The van der Waals surface area contributed by atoms with Gasteiger partial charge in [-0.2, -0.15) is 5.26 Å². The number of nitriles is 1. The summed E-state index contributed by atoms with van der Waals surface area (Å²) >= 11 is 0. The van der Waals surface area contributed by atoms with Crippen molar-refractivity contribution in [3.63, 3.8) is 0 Å². The monoisotopic (exact) mass is 388 g/mol. The molecule has 7 nitrogen and oxygen atoms in total. The standard InChI is InChI=1S/C22H24N6O/c1-29-18-11-16(10-17(12-18)27-7-4-2-3-5-8-27)19-13-21(24)26-22(20(19)14-23)28-9-6-25-15-28/h6,9-13,15H,2-5,7-8H2,1H3,(H2,24,26). The minimum Gasteiger partial charge on any atom is -0.497 e. The summed E-state index contributed by atoms with van der Waals surface area (Å²) in [4.78, 5) is 10.8. The van der Waals surface area contributed by atoms with Gasteiger partial charge in [0.2, 0.25) is 0 Å². The van der Waals surface area contributed by atoms with Crippen LogP contribution in [-0.4, -0.2) is 34.7 Å². The SMILES string of the molecule is COc1cc(-c2cc(N)nc(-n3ccnc3)c2C#N)cc(N2CCCCCC2)c1. The first-order chi connectivity index (χ1) is 14.2. The molecule has 1 aliphatic rings. The first kappa shape index (κ1) is 18.8. The van der Waals surface area contributed by atoms with Gasteiger partial charge in [-0.3, -0.25) is 4.57 Å². The van der Waals surface area contributed by atoms with Crippen molar-refractivity contribution in [1.82, 2.24) is 14.5 Å². The van der Waals surface area contributed by atoms with Gasteiger partial charge in [0.05, 0.1) is 7.11 Å². The van der Waals surface area contributed by atoms with Crippen molar-refractivity contribution in [2.45, 2.75) is 25.7 Å². The third-order valence-electron chi connectivity index (χ3n) is 5.29. The Morgan fingerprint density at radius 1 is 1.10 bits per heavy atom. The average molecular weight is 388 g/mol. The van der Waals surface area contributed by atoms with E-state index in [2.05, 4.69) is 33.1 Å². The molecule has 1 aliphatic heterocycles. The maximum atomic E-state index is 9.93. The highest BCUT2D eigenvalue weighted by molar-refractivity contribution is 5.79. The van der Waals surface area contributed by atoms with E-state index in [1.165, 1.54) is 25.7 Å². The molecule has 29 heavy (non-hydrogen) atoms. The summed E-state index contributed by atoms with van der Waals surface area (Å²) in [7, 11) is 1.66. The third kappa shape index (κ3) is 3.87. The molecule has 1 fully saturated rings. The molecule has 0 unspecified atom stereocenters. The van der Waals surface area contributed by atoms with Gasteiger partial charge in [0.25, 0.3) is 0 Å². The van der Waals surface area contributed by atoms with Crippen LogP contribution in [0.25, 0.3) is 16.9 Å². The predicted octanol–water partition coefficient (Wildman–Crippen LogP) is 3.78. The summed E-state index contributed by atoms with van der Waals surface area (Å²) in [5.41, 5.74) is 9.28. The van der Waals surface area contributed by atoms with E-state index in [4.69, 9.17) is 10.5 Å². The topological polar surface area (TPSA) is 93.0 Å². The average Bonchev–Trinajstić information content (AvgIpc) is 3.14. The lowest BCUT2D eigenvalue weighted by molar-refractivity contribution is 0.415. The second-order valence-electron chi connectivity index (χ2n) is 7.20. The number of aromatic nitrogens is 3. The number of anilines is 2. The van der Waals surface area contributed by atoms with Gasteiger partial charge < -0.3 is 15.4 Å². The van der Waals surface area contributed by atoms with Crippen LogP contribution >= 0.6 is 0 Å². The number of hydrogen-bond acceptors (Lipinski definition) is 6. The molecule has 0 saturated carbocycles. The number of hydrogen-bond donors (Lipinski definition) is 1. The molecule has 7 heteroatoms. The van der Waals surface area contributed by atoms with Gasteiger partial charge >= 0.3 is 0 Å². The number of ether oxygens (including phenoxy) is 1. The van der Waals surface area contributed by atoms with Crippen LogP contribution in [-0.2, 0) is 0 Å².